The van der Waals surface area contributed by atoms with Crippen LogP contribution in [0.3, 0.4) is 0 Å². The van der Waals surface area contributed by atoms with Crippen LogP contribution < -0.4 is 4.72 Å². The van der Waals surface area contributed by atoms with E-state index in [2.05, 4.69) is 9.88 Å². The second-order valence-corrected chi connectivity index (χ2v) is 7.24. The van der Waals surface area contributed by atoms with Gasteiger partial charge < -0.3 is 4.84 Å². The monoisotopic (exact) mass is 300 g/mol. The summed E-state index contributed by atoms with van der Waals surface area (Å²) in [7, 11) is -3.32. The summed E-state index contributed by atoms with van der Waals surface area (Å²) in [5, 5.41) is 3.40. The number of nitrogens with one attached hydrogen (secondary N) is 1. The number of sulfonamides is 1. The lowest BCUT2D eigenvalue weighted by Gasteiger charge is -2.12. The lowest BCUT2D eigenvalue weighted by molar-refractivity contribution is 0.0891. The Hall–Kier alpha value is -1.47. The van der Waals surface area contributed by atoms with Gasteiger partial charge in [0.15, 0.2) is 0 Å². The highest BCUT2D eigenvalue weighted by atomic mass is 32.2. The van der Waals surface area contributed by atoms with Gasteiger partial charge in [0.25, 0.3) is 0 Å². The average molecular weight is 300 g/mol. The molecule has 0 bridgehead atoms. The van der Waals surface area contributed by atoms with Gasteiger partial charge >= 0.3 is 0 Å². The van der Waals surface area contributed by atoms with Crippen LogP contribution in [0, 0.1) is 5.82 Å². The summed E-state index contributed by atoms with van der Waals surface area (Å²) in [5.74, 6) is -0.339. The maximum Gasteiger partial charge on any atom is 0.214 e. The third-order valence-electron chi connectivity index (χ3n) is 3.02. The summed E-state index contributed by atoms with van der Waals surface area (Å²) in [4.78, 5) is 5.17. The highest BCUT2D eigenvalue weighted by Gasteiger charge is 2.25. The molecule has 2 rings (SSSR count). The molecule has 0 saturated carbocycles. The Morgan fingerprint density at radius 3 is 2.90 bits per heavy atom. The van der Waals surface area contributed by atoms with E-state index >= 15 is 0 Å². The van der Waals surface area contributed by atoms with Gasteiger partial charge in [0, 0.05) is 12.0 Å². The van der Waals surface area contributed by atoms with Crippen molar-refractivity contribution in [2.75, 3.05) is 6.54 Å². The minimum Gasteiger partial charge on any atom is -0.390 e. The number of halogens is 1. The van der Waals surface area contributed by atoms with Crippen LogP contribution in [-0.4, -0.2) is 32.0 Å². The molecule has 1 aliphatic rings. The van der Waals surface area contributed by atoms with Gasteiger partial charge in [-0.3, -0.25) is 0 Å². The minimum absolute atomic E-state index is 0.156. The summed E-state index contributed by atoms with van der Waals surface area (Å²) >= 11 is 0. The van der Waals surface area contributed by atoms with Gasteiger partial charge in [-0.1, -0.05) is 17.3 Å². The zero-order valence-corrected chi connectivity index (χ0v) is 12.2. The van der Waals surface area contributed by atoms with Crippen molar-refractivity contribution in [2.24, 2.45) is 5.16 Å². The van der Waals surface area contributed by atoms with Gasteiger partial charge in [-0.05, 0) is 26.0 Å². The maximum absolute atomic E-state index is 13.1. The van der Waals surface area contributed by atoms with Crippen molar-refractivity contribution in [3.63, 3.8) is 0 Å². The molecule has 5 nitrogen and oxygen atoms in total. The fourth-order valence-electron chi connectivity index (χ4n) is 1.75. The van der Waals surface area contributed by atoms with E-state index in [-0.39, 0.29) is 18.5 Å². The maximum atomic E-state index is 13.1. The first-order valence-corrected chi connectivity index (χ1v) is 7.90. The number of nitrogens with zero attached hydrogens (tertiary/aromatic N) is 1. The molecule has 7 heteroatoms. The van der Waals surface area contributed by atoms with Gasteiger partial charge in [0.2, 0.25) is 10.0 Å². The third-order valence-corrected chi connectivity index (χ3v) is 4.83. The molecule has 0 radical (unpaired) electrons. The van der Waals surface area contributed by atoms with Gasteiger partial charge in [0.05, 0.1) is 17.5 Å². The van der Waals surface area contributed by atoms with Crippen LogP contribution in [0.1, 0.15) is 25.8 Å². The molecule has 1 N–H and O–H groups in total. The van der Waals surface area contributed by atoms with E-state index < -0.39 is 15.3 Å². The van der Waals surface area contributed by atoms with E-state index in [1.54, 1.807) is 26.0 Å². The summed E-state index contributed by atoms with van der Waals surface area (Å²) in [6, 6.07) is 6.07. The molecule has 0 aromatic heterocycles. The van der Waals surface area contributed by atoms with Gasteiger partial charge in [0.1, 0.15) is 11.9 Å². The molecule has 1 aliphatic heterocycles. The Labute approximate surface area is 117 Å². The van der Waals surface area contributed by atoms with Crippen LogP contribution in [0.4, 0.5) is 4.39 Å². The Kier molecular flexibility index (Phi) is 4.39. The first-order valence-electron chi connectivity index (χ1n) is 6.35. The van der Waals surface area contributed by atoms with Crippen molar-refractivity contribution in [1.82, 2.24) is 4.72 Å². The molecule has 0 spiro atoms. The molecular weight excluding hydrogens is 283 g/mol. The van der Waals surface area contributed by atoms with Crippen molar-refractivity contribution in [2.45, 2.75) is 31.6 Å². The predicted octanol–water partition coefficient (Wildman–Crippen LogP) is 1.65. The molecule has 1 aromatic carbocycles. The normalized spacial score (nSPS) is 19.0. The third kappa shape index (κ3) is 3.55. The smallest absolute Gasteiger partial charge is 0.214 e. The van der Waals surface area contributed by atoms with Crippen LogP contribution in [0.2, 0.25) is 0 Å². The fourth-order valence-corrected chi connectivity index (χ4v) is 2.50. The van der Waals surface area contributed by atoms with Crippen molar-refractivity contribution in [3.8, 4) is 0 Å². The molecule has 20 heavy (non-hydrogen) atoms. The number of rotatable bonds is 5. The molecule has 0 amide bonds. The molecular formula is C13H17FN2O3S. The molecule has 1 unspecified atom stereocenters. The molecule has 1 atom stereocenters. The number of hydrogen-bond donors (Lipinski definition) is 1. The zero-order valence-electron chi connectivity index (χ0n) is 11.3. The van der Waals surface area contributed by atoms with E-state index in [1.165, 1.54) is 12.1 Å². The van der Waals surface area contributed by atoms with Gasteiger partial charge in [-0.25, -0.2) is 17.5 Å². The van der Waals surface area contributed by atoms with E-state index in [1.807, 2.05) is 0 Å². The summed E-state index contributed by atoms with van der Waals surface area (Å²) < 4.78 is 38.9. The first-order chi connectivity index (χ1) is 9.38. The standard InChI is InChI=1S/C13H17FN2O3S/c1-9(2)20(17,18)15-8-12-7-13(16-19-12)10-4-3-5-11(14)6-10/h3-6,9,12,15H,7-8H2,1-2H3. The lowest BCUT2D eigenvalue weighted by atomic mass is 10.1. The Morgan fingerprint density at radius 2 is 2.25 bits per heavy atom. The van der Waals surface area contributed by atoms with Crippen molar-refractivity contribution in [1.29, 1.82) is 0 Å². The topological polar surface area (TPSA) is 67.8 Å². The zero-order chi connectivity index (χ0) is 14.8. The Morgan fingerprint density at radius 1 is 1.50 bits per heavy atom. The highest BCUT2D eigenvalue weighted by molar-refractivity contribution is 7.90. The van der Waals surface area contributed by atoms with Crippen molar-refractivity contribution < 1.29 is 17.6 Å². The molecule has 0 aliphatic carbocycles. The van der Waals surface area contributed by atoms with E-state index in [0.717, 1.165) is 0 Å². The minimum atomic E-state index is -3.32. The van der Waals surface area contributed by atoms with E-state index in [9.17, 15) is 12.8 Å². The summed E-state index contributed by atoms with van der Waals surface area (Å²) in [5.41, 5.74) is 1.28. The van der Waals surface area contributed by atoms with Crippen LogP contribution >= 0.6 is 0 Å². The second-order valence-electron chi connectivity index (χ2n) is 4.92. The van der Waals surface area contributed by atoms with E-state index in [0.29, 0.717) is 17.7 Å². The second kappa shape index (κ2) is 5.88. The summed E-state index contributed by atoms with van der Waals surface area (Å²) in [6.07, 6.45) is 0.0890. The van der Waals surface area contributed by atoms with Crippen LogP contribution in [-0.2, 0) is 14.9 Å². The van der Waals surface area contributed by atoms with Crippen LogP contribution in [0.5, 0.6) is 0 Å². The summed E-state index contributed by atoms with van der Waals surface area (Å²) in [6.45, 7) is 3.36. The van der Waals surface area contributed by atoms with E-state index in [4.69, 9.17) is 4.84 Å². The molecule has 0 fully saturated rings. The van der Waals surface area contributed by atoms with Gasteiger partial charge in [-0.2, -0.15) is 0 Å². The average Bonchev–Trinajstić information content (AvgIpc) is 2.85. The number of hydrogen-bond acceptors (Lipinski definition) is 4. The number of benzene rings is 1. The van der Waals surface area contributed by atoms with Crippen molar-refractivity contribution in [3.05, 3.63) is 35.6 Å². The largest absolute Gasteiger partial charge is 0.390 e. The number of oxime groups is 1. The molecule has 0 saturated heterocycles. The molecule has 110 valence electrons. The molecule has 1 heterocycles. The van der Waals surface area contributed by atoms with Crippen LogP contribution in [0.15, 0.2) is 29.4 Å². The SMILES string of the molecule is CC(C)S(=O)(=O)NCC1CC(c2cccc(F)c2)=NO1. The Bertz CT molecular complexity index is 614. The predicted molar refractivity (Wildman–Crippen MR) is 74.5 cm³/mol. The van der Waals surface area contributed by atoms with Crippen LogP contribution in [0.25, 0.3) is 0 Å². The fraction of sp³-hybridized carbons (Fsp3) is 0.462. The quantitative estimate of drug-likeness (QED) is 0.899. The highest BCUT2D eigenvalue weighted by Crippen LogP contribution is 2.17. The lowest BCUT2D eigenvalue weighted by Crippen LogP contribution is -2.36. The van der Waals surface area contributed by atoms with Crippen molar-refractivity contribution >= 4 is 15.7 Å². The Balaban J connectivity index is 1.92. The first kappa shape index (κ1) is 14.9. The molecule has 1 aromatic rings. The van der Waals surface area contributed by atoms with Gasteiger partial charge in [-0.15, -0.1) is 0 Å².